The highest BCUT2D eigenvalue weighted by atomic mass is 79.9. The molecule has 1 fully saturated rings. The van der Waals surface area contributed by atoms with Crippen LogP contribution in [0.2, 0.25) is 0 Å². The van der Waals surface area contributed by atoms with Crippen molar-refractivity contribution in [2.24, 2.45) is 0 Å². The van der Waals surface area contributed by atoms with E-state index < -0.39 is 17.7 Å². The summed E-state index contributed by atoms with van der Waals surface area (Å²) in [5.41, 5.74) is 1.09. The smallest absolute Gasteiger partial charge is 0.301 e. The Balaban J connectivity index is 1.79. The Morgan fingerprint density at radius 2 is 1.94 bits per heavy atom. The van der Waals surface area contributed by atoms with Crippen LogP contribution in [0.3, 0.4) is 0 Å². The molecule has 1 saturated heterocycles. The van der Waals surface area contributed by atoms with Gasteiger partial charge in [0.25, 0.3) is 5.78 Å². The molecule has 2 aromatic carbocycles. The predicted octanol–water partition coefficient (Wildman–Crippen LogP) is 5.41. The Morgan fingerprint density at radius 3 is 2.58 bits per heavy atom. The van der Waals surface area contributed by atoms with Crippen molar-refractivity contribution >= 4 is 49.8 Å². The lowest BCUT2D eigenvalue weighted by molar-refractivity contribution is -0.132. The minimum absolute atomic E-state index is 0.00519. The summed E-state index contributed by atoms with van der Waals surface area (Å²) in [6.45, 7) is 4.47. The number of rotatable bonds is 7. The number of ketones is 1. The number of carbonyl (C=O) groups excluding carboxylic acids is 2. The van der Waals surface area contributed by atoms with Crippen LogP contribution < -0.4 is 9.64 Å². The first-order valence-electron chi connectivity index (χ1n) is 10.5. The van der Waals surface area contributed by atoms with Gasteiger partial charge in [-0.15, -0.1) is 10.2 Å². The van der Waals surface area contributed by atoms with Gasteiger partial charge in [0.15, 0.2) is 0 Å². The van der Waals surface area contributed by atoms with Crippen LogP contribution in [0.4, 0.5) is 5.13 Å². The molecular formula is C24H22BrN3O4S. The van der Waals surface area contributed by atoms with E-state index in [0.29, 0.717) is 33.6 Å². The van der Waals surface area contributed by atoms with E-state index in [9.17, 15) is 14.7 Å². The first kappa shape index (κ1) is 23.1. The number of amides is 1. The number of aromatic nitrogens is 2. The summed E-state index contributed by atoms with van der Waals surface area (Å²) in [7, 11) is 0. The lowest BCUT2D eigenvalue weighted by Gasteiger charge is -2.22. The van der Waals surface area contributed by atoms with E-state index in [1.54, 1.807) is 37.3 Å². The average Bonchev–Trinajstić information content (AvgIpc) is 3.34. The van der Waals surface area contributed by atoms with Gasteiger partial charge in [-0.1, -0.05) is 52.7 Å². The maximum Gasteiger partial charge on any atom is 0.301 e. The van der Waals surface area contributed by atoms with Crippen molar-refractivity contribution in [3.05, 3.63) is 74.7 Å². The maximum absolute atomic E-state index is 13.1. The fourth-order valence-electron chi connectivity index (χ4n) is 3.60. The summed E-state index contributed by atoms with van der Waals surface area (Å²) in [5, 5.41) is 20.2. The average molecular weight is 528 g/mol. The fraction of sp³-hybridized carbons (Fsp3) is 0.250. The summed E-state index contributed by atoms with van der Waals surface area (Å²) in [4.78, 5) is 27.5. The molecule has 1 aromatic heterocycles. The van der Waals surface area contributed by atoms with Crippen LogP contribution >= 0.6 is 27.3 Å². The number of nitrogens with zero attached hydrogens (tertiary/aromatic N) is 3. The van der Waals surface area contributed by atoms with Gasteiger partial charge in [0.2, 0.25) is 5.13 Å². The number of hydrogen-bond donors (Lipinski definition) is 1. The van der Waals surface area contributed by atoms with Crippen LogP contribution in [0, 0.1) is 6.92 Å². The molecule has 4 rings (SSSR count). The topological polar surface area (TPSA) is 92.6 Å². The minimum atomic E-state index is -0.838. The fourth-order valence-corrected chi connectivity index (χ4v) is 4.74. The molecular weight excluding hydrogens is 506 g/mol. The van der Waals surface area contributed by atoms with Crippen LogP contribution in [0.5, 0.6) is 5.75 Å². The second kappa shape index (κ2) is 9.84. The molecule has 1 aliphatic rings. The van der Waals surface area contributed by atoms with E-state index in [1.165, 1.54) is 16.2 Å². The number of unbranched alkanes of at least 4 members (excludes halogenated alkanes) is 1. The number of carbonyl (C=O) groups is 2. The minimum Gasteiger partial charge on any atom is -0.507 e. The molecule has 0 spiro atoms. The number of Topliss-reactive ketones (excluding diaryl/α,β-unsaturated/α-hetero) is 1. The first-order chi connectivity index (χ1) is 15.9. The molecule has 0 radical (unpaired) electrons. The van der Waals surface area contributed by atoms with Crippen LogP contribution in [0.25, 0.3) is 5.76 Å². The van der Waals surface area contributed by atoms with Gasteiger partial charge in [-0.3, -0.25) is 14.5 Å². The molecule has 170 valence electrons. The SMILES string of the molecule is CCCCOc1ccc(C(O)=C2C(=O)C(=O)N(c3nnc(C)s3)C2c2cccc(Br)c2)cc1. The van der Waals surface area contributed by atoms with Gasteiger partial charge < -0.3 is 9.84 Å². The summed E-state index contributed by atoms with van der Waals surface area (Å²) in [5.74, 6) is -1.10. The highest BCUT2D eigenvalue weighted by molar-refractivity contribution is 9.10. The number of benzene rings is 2. The molecule has 0 bridgehead atoms. The third-order valence-corrected chi connectivity index (χ3v) is 6.56. The molecule has 1 N–H and O–H groups in total. The molecule has 1 atom stereocenters. The first-order valence-corrected chi connectivity index (χ1v) is 12.1. The molecule has 2 heterocycles. The van der Waals surface area contributed by atoms with Gasteiger partial charge in [0.05, 0.1) is 18.2 Å². The Kier molecular flexibility index (Phi) is 6.90. The molecule has 1 unspecified atom stereocenters. The van der Waals surface area contributed by atoms with Gasteiger partial charge in [0, 0.05) is 10.0 Å². The van der Waals surface area contributed by atoms with Crippen LogP contribution in [-0.2, 0) is 9.59 Å². The summed E-state index contributed by atoms with van der Waals surface area (Å²) >= 11 is 4.66. The number of halogens is 1. The Hall–Kier alpha value is -3.04. The van der Waals surface area contributed by atoms with Crippen molar-refractivity contribution in [1.82, 2.24) is 10.2 Å². The molecule has 33 heavy (non-hydrogen) atoms. The molecule has 7 nitrogen and oxygen atoms in total. The normalized spacial score (nSPS) is 17.5. The van der Waals surface area contributed by atoms with Crippen molar-refractivity contribution in [2.75, 3.05) is 11.5 Å². The van der Waals surface area contributed by atoms with Crippen molar-refractivity contribution in [2.45, 2.75) is 32.7 Å². The highest BCUT2D eigenvalue weighted by Crippen LogP contribution is 2.43. The van der Waals surface area contributed by atoms with Gasteiger partial charge in [-0.25, -0.2) is 0 Å². The quantitative estimate of drug-likeness (QED) is 0.191. The van der Waals surface area contributed by atoms with Crippen molar-refractivity contribution in [1.29, 1.82) is 0 Å². The summed E-state index contributed by atoms with van der Waals surface area (Å²) in [6.07, 6.45) is 1.98. The molecule has 3 aromatic rings. The standard InChI is InChI=1S/C24H22BrN3O4S/c1-3-4-12-32-18-10-8-15(9-11-18)21(29)19-20(16-6-5-7-17(25)13-16)28(23(31)22(19)30)24-27-26-14(2)33-24/h5-11,13,20,29H,3-4,12H2,1-2H3. The number of hydrogen-bond acceptors (Lipinski definition) is 7. The zero-order valence-electron chi connectivity index (χ0n) is 18.1. The molecule has 1 amide bonds. The largest absolute Gasteiger partial charge is 0.507 e. The van der Waals surface area contributed by atoms with Gasteiger partial charge in [-0.2, -0.15) is 0 Å². The van der Waals surface area contributed by atoms with Gasteiger partial charge >= 0.3 is 5.91 Å². The van der Waals surface area contributed by atoms with Crippen LogP contribution in [-0.4, -0.2) is 33.6 Å². The lowest BCUT2D eigenvalue weighted by Crippen LogP contribution is -2.29. The molecule has 1 aliphatic heterocycles. The Bertz CT molecular complexity index is 1220. The third kappa shape index (κ3) is 4.69. The molecule has 0 saturated carbocycles. The van der Waals surface area contributed by atoms with Crippen molar-refractivity contribution in [3.8, 4) is 5.75 Å². The van der Waals surface area contributed by atoms with Crippen molar-refractivity contribution in [3.63, 3.8) is 0 Å². The van der Waals surface area contributed by atoms with E-state index in [4.69, 9.17) is 4.74 Å². The summed E-state index contributed by atoms with van der Waals surface area (Å²) < 4.78 is 6.46. The van der Waals surface area contributed by atoms with E-state index in [1.807, 2.05) is 18.2 Å². The van der Waals surface area contributed by atoms with E-state index in [2.05, 4.69) is 33.1 Å². The zero-order chi connectivity index (χ0) is 23.5. The van der Waals surface area contributed by atoms with Gasteiger partial charge in [0.1, 0.15) is 16.5 Å². The number of aryl methyl sites for hydroxylation is 1. The molecule has 9 heteroatoms. The summed E-state index contributed by atoms with van der Waals surface area (Å²) in [6, 6.07) is 13.3. The van der Waals surface area contributed by atoms with Crippen LogP contribution in [0.15, 0.2) is 58.6 Å². The Morgan fingerprint density at radius 1 is 1.18 bits per heavy atom. The van der Waals surface area contributed by atoms with E-state index in [0.717, 1.165) is 17.3 Å². The second-order valence-electron chi connectivity index (χ2n) is 7.55. The monoisotopic (exact) mass is 527 g/mol. The number of anilines is 1. The predicted molar refractivity (Wildman–Crippen MR) is 130 cm³/mol. The number of aliphatic hydroxyl groups is 1. The third-order valence-electron chi connectivity index (χ3n) is 5.22. The van der Waals surface area contributed by atoms with E-state index in [-0.39, 0.29) is 11.3 Å². The zero-order valence-corrected chi connectivity index (χ0v) is 20.5. The maximum atomic E-state index is 13.1. The number of aliphatic hydroxyl groups excluding tert-OH is 1. The highest BCUT2D eigenvalue weighted by Gasteiger charge is 2.48. The van der Waals surface area contributed by atoms with Crippen LogP contribution in [0.1, 0.15) is 41.9 Å². The van der Waals surface area contributed by atoms with E-state index >= 15 is 0 Å². The number of ether oxygens (including phenoxy) is 1. The Labute approximate surface area is 203 Å². The van der Waals surface area contributed by atoms with Gasteiger partial charge in [-0.05, 0) is 55.3 Å². The second-order valence-corrected chi connectivity index (χ2v) is 9.63. The lowest BCUT2D eigenvalue weighted by atomic mass is 9.95. The molecule has 0 aliphatic carbocycles. The van der Waals surface area contributed by atoms with Crippen molar-refractivity contribution < 1.29 is 19.4 Å².